The maximum atomic E-state index is 12.6. The van der Waals surface area contributed by atoms with Gasteiger partial charge in [-0.25, -0.2) is 9.78 Å². The molecular formula is C17H19N3O5S. The molecule has 2 unspecified atom stereocenters. The van der Waals surface area contributed by atoms with E-state index in [1.165, 1.54) is 7.11 Å². The van der Waals surface area contributed by atoms with Gasteiger partial charge in [0.25, 0.3) is 6.29 Å². The zero-order chi connectivity index (χ0) is 18.5. The average Bonchev–Trinajstić information content (AvgIpc) is 3.31. The SMILES string of the molecule is COC(Oc1ccc(C2SCCN2C(=O)Cn2ccnc2)cc1)C(=O)O. The van der Waals surface area contributed by atoms with E-state index in [9.17, 15) is 9.59 Å². The third-order valence-electron chi connectivity index (χ3n) is 3.91. The standard InChI is InChI=1S/C17H19N3O5S/c1-24-17(16(22)23)25-13-4-2-12(3-5-13)15-20(8-9-26-15)14(21)10-19-7-6-18-11-19/h2-7,11,15,17H,8-10H2,1H3,(H,22,23). The first-order chi connectivity index (χ1) is 12.6. The Balaban J connectivity index is 1.67. The molecule has 0 radical (unpaired) electrons. The predicted octanol–water partition coefficient (Wildman–Crippen LogP) is 1.59. The third kappa shape index (κ3) is 4.17. The maximum Gasteiger partial charge on any atom is 0.373 e. The monoisotopic (exact) mass is 377 g/mol. The summed E-state index contributed by atoms with van der Waals surface area (Å²) in [4.78, 5) is 29.3. The molecule has 0 saturated carbocycles. The van der Waals surface area contributed by atoms with Crippen molar-refractivity contribution in [3.63, 3.8) is 0 Å². The van der Waals surface area contributed by atoms with Gasteiger partial charge >= 0.3 is 5.97 Å². The number of amides is 1. The number of thioether (sulfide) groups is 1. The molecule has 9 heteroatoms. The van der Waals surface area contributed by atoms with Gasteiger partial charge in [0.1, 0.15) is 17.7 Å². The molecule has 1 saturated heterocycles. The van der Waals surface area contributed by atoms with E-state index in [4.69, 9.17) is 14.6 Å². The molecule has 1 amide bonds. The first kappa shape index (κ1) is 18.3. The summed E-state index contributed by atoms with van der Waals surface area (Å²) in [6.07, 6.45) is 3.68. The number of imidazole rings is 1. The second-order valence-corrected chi connectivity index (χ2v) is 6.83. The Morgan fingerprint density at radius 3 is 2.77 bits per heavy atom. The molecule has 1 aromatic carbocycles. The van der Waals surface area contributed by atoms with E-state index in [1.807, 2.05) is 17.0 Å². The van der Waals surface area contributed by atoms with Crippen molar-refractivity contribution in [2.45, 2.75) is 18.2 Å². The maximum absolute atomic E-state index is 12.6. The Labute approximate surface area is 154 Å². The first-order valence-corrected chi connectivity index (χ1v) is 9.02. The van der Waals surface area contributed by atoms with Crippen molar-refractivity contribution in [3.8, 4) is 5.75 Å². The van der Waals surface area contributed by atoms with Crippen LogP contribution in [0.1, 0.15) is 10.9 Å². The Morgan fingerprint density at radius 2 is 2.15 bits per heavy atom. The van der Waals surface area contributed by atoms with Gasteiger partial charge in [-0.15, -0.1) is 11.8 Å². The van der Waals surface area contributed by atoms with Crippen LogP contribution in [0.5, 0.6) is 5.75 Å². The van der Waals surface area contributed by atoms with E-state index in [0.717, 1.165) is 11.3 Å². The molecule has 1 aromatic heterocycles. The highest BCUT2D eigenvalue weighted by Gasteiger charge is 2.30. The van der Waals surface area contributed by atoms with E-state index in [1.54, 1.807) is 47.2 Å². The van der Waals surface area contributed by atoms with Crippen molar-refractivity contribution in [1.29, 1.82) is 0 Å². The summed E-state index contributed by atoms with van der Waals surface area (Å²) in [5, 5.41) is 8.89. The number of carboxylic acid groups (broad SMARTS) is 1. The van der Waals surface area contributed by atoms with Crippen LogP contribution in [0.25, 0.3) is 0 Å². The molecule has 1 aliphatic rings. The Hall–Kier alpha value is -2.52. The minimum absolute atomic E-state index is 0.0312. The van der Waals surface area contributed by atoms with Crippen molar-refractivity contribution in [2.24, 2.45) is 0 Å². The molecule has 2 aromatic rings. The van der Waals surface area contributed by atoms with Crippen LogP contribution in [0.3, 0.4) is 0 Å². The zero-order valence-electron chi connectivity index (χ0n) is 14.1. The zero-order valence-corrected chi connectivity index (χ0v) is 15.0. The number of nitrogens with zero attached hydrogens (tertiary/aromatic N) is 3. The summed E-state index contributed by atoms with van der Waals surface area (Å²) in [6.45, 7) is 0.943. The van der Waals surface area contributed by atoms with Crippen LogP contribution in [0.15, 0.2) is 43.0 Å². The van der Waals surface area contributed by atoms with Crippen LogP contribution in [0.2, 0.25) is 0 Å². The fourth-order valence-corrected chi connectivity index (χ4v) is 3.94. The van der Waals surface area contributed by atoms with Crippen molar-refractivity contribution in [3.05, 3.63) is 48.5 Å². The van der Waals surface area contributed by atoms with Crippen molar-refractivity contribution in [2.75, 3.05) is 19.4 Å². The number of aliphatic carboxylic acids is 1. The second-order valence-electron chi connectivity index (χ2n) is 5.64. The van der Waals surface area contributed by atoms with Crippen molar-refractivity contribution in [1.82, 2.24) is 14.5 Å². The number of carboxylic acids is 1. The van der Waals surface area contributed by atoms with E-state index < -0.39 is 12.3 Å². The number of ether oxygens (including phenoxy) is 2. The van der Waals surface area contributed by atoms with Crippen LogP contribution < -0.4 is 4.74 Å². The van der Waals surface area contributed by atoms with Gasteiger partial charge in [0.05, 0.1) is 6.33 Å². The predicted molar refractivity (Wildman–Crippen MR) is 94.6 cm³/mol. The summed E-state index contributed by atoms with van der Waals surface area (Å²) in [7, 11) is 1.27. The second kappa shape index (κ2) is 8.24. The molecule has 1 N–H and O–H groups in total. The van der Waals surface area contributed by atoms with Gasteiger partial charge in [-0.1, -0.05) is 12.1 Å². The Bertz CT molecular complexity index is 750. The highest BCUT2D eigenvalue weighted by molar-refractivity contribution is 7.99. The van der Waals surface area contributed by atoms with Gasteiger partial charge < -0.3 is 24.0 Å². The number of hydrogen-bond acceptors (Lipinski definition) is 6. The third-order valence-corrected chi connectivity index (χ3v) is 5.17. The molecule has 26 heavy (non-hydrogen) atoms. The number of methoxy groups -OCH3 is 1. The smallest absolute Gasteiger partial charge is 0.373 e. The number of aromatic nitrogens is 2. The molecule has 0 spiro atoms. The van der Waals surface area contributed by atoms with Gasteiger partial charge in [-0.3, -0.25) is 4.79 Å². The van der Waals surface area contributed by atoms with Crippen LogP contribution in [-0.2, 0) is 20.9 Å². The molecule has 0 aliphatic carbocycles. The minimum Gasteiger partial charge on any atom is -0.477 e. The fourth-order valence-electron chi connectivity index (χ4n) is 2.66. The Kier molecular flexibility index (Phi) is 5.79. The summed E-state index contributed by atoms with van der Waals surface area (Å²) < 4.78 is 11.8. The van der Waals surface area contributed by atoms with Crippen LogP contribution in [0, 0.1) is 0 Å². The summed E-state index contributed by atoms with van der Waals surface area (Å²) in [6, 6.07) is 7.04. The van der Waals surface area contributed by atoms with Gasteiger partial charge in [0, 0.05) is 31.8 Å². The highest BCUT2D eigenvalue weighted by Crippen LogP contribution is 2.38. The molecule has 2 atom stereocenters. The lowest BCUT2D eigenvalue weighted by Crippen LogP contribution is -2.33. The quantitative estimate of drug-likeness (QED) is 0.732. The van der Waals surface area contributed by atoms with Gasteiger partial charge in [-0.05, 0) is 17.7 Å². The van der Waals surface area contributed by atoms with Crippen molar-refractivity contribution < 1.29 is 24.2 Å². The number of hydrogen-bond donors (Lipinski definition) is 1. The largest absolute Gasteiger partial charge is 0.477 e. The van der Waals surface area contributed by atoms with Gasteiger partial charge in [0.2, 0.25) is 5.91 Å². The summed E-state index contributed by atoms with van der Waals surface area (Å²) in [5.74, 6) is 0.0914. The summed E-state index contributed by atoms with van der Waals surface area (Å²) in [5.41, 5.74) is 0.961. The molecular weight excluding hydrogens is 358 g/mol. The fraction of sp³-hybridized carbons (Fsp3) is 0.353. The van der Waals surface area contributed by atoms with E-state index in [2.05, 4.69) is 4.98 Å². The molecule has 2 heterocycles. The normalized spacial score (nSPS) is 17.9. The number of carbonyl (C=O) groups is 2. The lowest BCUT2D eigenvalue weighted by atomic mass is 10.2. The molecule has 1 aliphatic heterocycles. The van der Waals surface area contributed by atoms with Crippen LogP contribution >= 0.6 is 11.8 Å². The first-order valence-electron chi connectivity index (χ1n) is 7.97. The topological polar surface area (TPSA) is 93.9 Å². The van der Waals surface area contributed by atoms with Crippen LogP contribution in [0.4, 0.5) is 0 Å². The molecule has 138 valence electrons. The number of rotatable bonds is 7. The molecule has 8 nitrogen and oxygen atoms in total. The van der Waals surface area contributed by atoms with E-state index in [0.29, 0.717) is 12.3 Å². The van der Waals surface area contributed by atoms with E-state index in [-0.39, 0.29) is 17.8 Å². The summed E-state index contributed by atoms with van der Waals surface area (Å²) >= 11 is 1.69. The highest BCUT2D eigenvalue weighted by atomic mass is 32.2. The Morgan fingerprint density at radius 1 is 1.38 bits per heavy atom. The van der Waals surface area contributed by atoms with E-state index >= 15 is 0 Å². The molecule has 1 fully saturated rings. The lowest BCUT2D eigenvalue weighted by Gasteiger charge is -2.24. The lowest BCUT2D eigenvalue weighted by molar-refractivity contribution is -0.166. The van der Waals surface area contributed by atoms with Gasteiger partial charge in [0.15, 0.2) is 0 Å². The number of benzene rings is 1. The van der Waals surface area contributed by atoms with Crippen LogP contribution in [-0.4, -0.2) is 57.1 Å². The average molecular weight is 377 g/mol. The minimum atomic E-state index is -1.35. The molecule has 0 bridgehead atoms. The van der Waals surface area contributed by atoms with Crippen molar-refractivity contribution >= 4 is 23.6 Å². The van der Waals surface area contributed by atoms with Gasteiger partial charge in [-0.2, -0.15) is 0 Å². The molecule has 3 rings (SSSR count). The number of carbonyl (C=O) groups excluding carboxylic acids is 1.